The average Bonchev–Trinajstić information content (AvgIpc) is 2.55. The molecule has 2 N–H and O–H groups in total. The van der Waals surface area contributed by atoms with Gasteiger partial charge < -0.3 is 5.32 Å². The third-order valence-corrected chi connectivity index (χ3v) is 3.53. The number of rotatable bonds is 7. The fourth-order valence-corrected chi connectivity index (χ4v) is 2.26. The predicted octanol–water partition coefficient (Wildman–Crippen LogP) is 2.08. The highest BCUT2D eigenvalue weighted by molar-refractivity contribution is 6.07. The van der Waals surface area contributed by atoms with Crippen LogP contribution in [-0.2, 0) is 4.79 Å². The molecule has 3 amide bonds. The van der Waals surface area contributed by atoms with E-state index in [1.807, 2.05) is 13.8 Å². The van der Waals surface area contributed by atoms with Gasteiger partial charge >= 0.3 is 6.03 Å². The first-order chi connectivity index (χ1) is 8.81. The smallest absolute Gasteiger partial charge is 0.323 e. The molecule has 5 nitrogen and oxygen atoms in total. The van der Waals surface area contributed by atoms with E-state index in [-0.39, 0.29) is 18.1 Å². The molecule has 2 unspecified atom stereocenters. The molecule has 0 bridgehead atoms. The van der Waals surface area contributed by atoms with Crippen LogP contribution in [0.15, 0.2) is 0 Å². The van der Waals surface area contributed by atoms with Crippen molar-refractivity contribution < 1.29 is 9.59 Å². The number of carbonyl (C=O) groups excluding carboxylic acids is 2. The Hall–Kier alpha value is -1.10. The Bertz CT molecular complexity index is 344. The Balaban J connectivity index is 2.70. The number of imide groups is 1. The fraction of sp³-hybridized carbons (Fsp3) is 0.857. The fourth-order valence-electron chi connectivity index (χ4n) is 2.26. The minimum atomic E-state index is -0.735. The van der Waals surface area contributed by atoms with Gasteiger partial charge in [-0.25, -0.2) is 9.69 Å². The minimum absolute atomic E-state index is 0.116. The average molecular weight is 269 g/mol. The van der Waals surface area contributed by atoms with E-state index in [0.717, 1.165) is 19.4 Å². The molecule has 2 atom stereocenters. The summed E-state index contributed by atoms with van der Waals surface area (Å²) in [4.78, 5) is 25.8. The number of hydrogen-bond acceptors (Lipinski definition) is 3. The summed E-state index contributed by atoms with van der Waals surface area (Å²) >= 11 is 0. The van der Waals surface area contributed by atoms with E-state index in [9.17, 15) is 9.59 Å². The lowest BCUT2D eigenvalue weighted by Crippen LogP contribution is -2.49. The van der Waals surface area contributed by atoms with Crippen LogP contribution in [0.5, 0.6) is 0 Å². The van der Waals surface area contributed by atoms with Crippen molar-refractivity contribution in [2.24, 2.45) is 5.92 Å². The summed E-state index contributed by atoms with van der Waals surface area (Å²) < 4.78 is 0. The second kappa shape index (κ2) is 6.37. The first-order valence-electron chi connectivity index (χ1n) is 7.21. The molecule has 0 radical (unpaired) electrons. The van der Waals surface area contributed by atoms with Gasteiger partial charge in [0, 0.05) is 0 Å². The zero-order valence-electron chi connectivity index (χ0n) is 12.7. The van der Waals surface area contributed by atoms with Gasteiger partial charge in [0.25, 0.3) is 5.91 Å². The molecule has 1 fully saturated rings. The van der Waals surface area contributed by atoms with Gasteiger partial charge in [0.1, 0.15) is 5.54 Å². The van der Waals surface area contributed by atoms with Crippen molar-refractivity contribution in [3.8, 4) is 0 Å². The summed E-state index contributed by atoms with van der Waals surface area (Å²) in [7, 11) is 0. The quantitative estimate of drug-likeness (QED) is 0.696. The van der Waals surface area contributed by atoms with Crippen LogP contribution in [0.25, 0.3) is 0 Å². The highest BCUT2D eigenvalue weighted by atomic mass is 16.2. The van der Waals surface area contributed by atoms with Crippen molar-refractivity contribution in [1.82, 2.24) is 15.5 Å². The van der Waals surface area contributed by atoms with Gasteiger partial charge in [0.2, 0.25) is 0 Å². The molecule has 0 aromatic rings. The number of amides is 3. The third kappa shape index (κ3) is 3.69. The molecule has 1 heterocycles. The molecule has 5 heteroatoms. The third-order valence-electron chi connectivity index (χ3n) is 3.53. The molecule has 1 aliphatic rings. The van der Waals surface area contributed by atoms with E-state index in [2.05, 4.69) is 31.4 Å². The van der Waals surface area contributed by atoms with Crippen LogP contribution in [0.3, 0.4) is 0 Å². The van der Waals surface area contributed by atoms with Crippen LogP contribution in [0, 0.1) is 5.92 Å². The van der Waals surface area contributed by atoms with Crippen molar-refractivity contribution in [3.05, 3.63) is 0 Å². The molecule has 110 valence electrons. The maximum atomic E-state index is 12.4. The maximum Gasteiger partial charge on any atom is 0.326 e. The monoisotopic (exact) mass is 269 g/mol. The topological polar surface area (TPSA) is 61.4 Å². The molecule has 0 saturated carbocycles. The Kier molecular flexibility index (Phi) is 5.35. The van der Waals surface area contributed by atoms with Gasteiger partial charge in [0.15, 0.2) is 0 Å². The molecule has 0 aromatic carbocycles. The number of carbonyl (C=O) groups is 2. The summed E-state index contributed by atoms with van der Waals surface area (Å²) in [5, 5.41) is 6.05. The highest BCUT2D eigenvalue weighted by Crippen LogP contribution is 2.24. The van der Waals surface area contributed by atoms with Gasteiger partial charge in [-0.05, 0) is 32.7 Å². The van der Waals surface area contributed by atoms with Gasteiger partial charge in [-0.1, -0.05) is 33.6 Å². The Morgan fingerprint density at radius 3 is 2.47 bits per heavy atom. The first kappa shape index (κ1) is 16.0. The lowest BCUT2D eigenvalue weighted by atomic mass is 9.95. The van der Waals surface area contributed by atoms with Gasteiger partial charge in [0.05, 0.1) is 6.17 Å². The lowest BCUT2D eigenvalue weighted by molar-refractivity contribution is -0.132. The van der Waals surface area contributed by atoms with E-state index in [0.29, 0.717) is 12.3 Å². The zero-order valence-corrected chi connectivity index (χ0v) is 12.7. The number of unbranched alkanes of at least 4 members (excludes halogenated alkanes) is 1. The van der Waals surface area contributed by atoms with Gasteiger partial charge in [-0.2, -0.15) is 0 Å². The first-order valence-corrected chi connectivity index (χ1v) is 7.21. The van der Waals surface area contributed by atoms with Crippen molar-refractivity contribution in [2.45, 2.75) is 65.6 Å². The van der Waals surface area contributed by atoms with Gasteiger partial charge in [-0.15, -0.1) is 0 Å². The van der Waals surface area contributed by atoms with Crippen LogP contribution >= 0.6 is 0 Å². The molecule has 0 spiro atoms. The molecule has 1 rings (SSSR count). The van der Waals surface area contributed by atoms with Crippen LogP contribution < -0.4 is 10.6 Å². The summed E-state index contributed by atoms with van der Waals surface area (Å²) in [5.74, 6) is 0.365. The largest absolute Gasteiger partial charge is 0.326 e. The van der Waals surface area contributed by atoms with E-state index < -0.39 is 5.54 Å². The molecular weight excluding hydrogens is 242 g/mol. The summed E-state index contributed by atoms with van der Waals surface area (Å²) in [6, 6.07) is -0.285. The van der Waals surface area contributed by atoms with Crippen LogP contribution in [0.2, 0.25) is 0 Å². The minimum Gasteiger partial charge on any atom is -0.323 e. The van der Waals surface area contributed by atoms with E-state index in [4.69, 9.17) is 0 Å². The molecule has 0 aromatic heterocycles. The summed E-state index contributed by atoms with van der Waals surface area (Å²) in [6.45, 7) is 10.7. The Labute approximate surface area is 116 Å². The van der Waals surface area contributed by atoms with Crippen molar-refractivity contribution in [3.63, 3.8) is 0 Å². The number of hydrogen-bond donors (Lipinski definition) is 2. The maximum absolute atomic E-state index is 12.4. The summed E-state index contributed by atoms with van der Waals surface area (Å²) in [6.07, 6.45) is 2.38. The normalized spacial score (nSPS) is 25.1. The van der Waals surface area contributed by atoms with Crippen molar-refractivity contribution in [2.75, 3.05) is 6.54 Å². The number of nitrogens with one attached hydrogen (secondary N) is 2. The number of nitrogens with zero attached hydrogens (tertiary/aromatic N) is 1. The molecule has 1 aliphatic heterocycles. The molecule has 0 aliphatic carbocycles. The zero-order chi connectivity index (χ0) is 14.6. The second-order valence-electron chi connectivity index (χ2n) is 6.02. The molecular formula is C14H27N3O2. The highest BCUT2D eigenvalue weighted by Gasteiger charge is 2.48. The predicted molar refractivity (Wildman–Crippen MR) is 75.6 cm³/mol. The Morgan fingerprint density at radius 2 is 1.95 bits per heavy atom. The van der Waals surface area contributed by atoms with Gasteiger partial charge in [-0.3, -0.25) is 10.1 Å². The molecule has 19 heavy (non-hydrogen) atoms. The van der Waals surface area contributed by atoms with E-state index in [1.54, 1.807) is 0 Å². The van der Waals surface area contributed by atoms with Crippen LogP contribution in [0.4, 0.5) is 4.79 Å². The lowest BCUT2D eigenvalue weighted by Gasteiger charge is -2.25. The second-order valence-corrected chi connectivity index (χ2v) is 6.02. The van der Waals surface area contributed by atoms with E-state index in [1.165, 1.54) is 4.90 Å². The van der Waals surface area contributed by atoms with Crippen LogP contribution in [-0.4, -0.2) is 35.1 Å². The van der Waals surface area contributed by atoms with Crippen LogP contribution in [0.1, 0.15) is 53.9 Å². The van der Waals surface area contributed by atoms with E-state index >= 15 is 0 Å². The van der Waals surface area contributed by atoms with Crippen molar-refractivity contribution >= 4 is 11.9 Å². The standard InChI is InChI=1S/C14H27N3O2/c1-6-7-8-14(5)12(18)17(13(19)16-14)11(4)15-9-10(2)3/h10-11,15H,6-9H2,1-5H3,(H,16,19). The summed E-state index contributed by atoms with van der Waals surface area (Å²) in [5.41, 5.74) is -0.735. The SMILES string of the molecule is CCCCC1(C)NC(=O)N(C(C)NCC(C)C)C1=O. The van der Waals surface area contributed by atoms with Crippen molar-refractivity contribution in [1.29, 1.82) is 0 Å². The molecule has 1 saturated heterocycles. The Morgan fingerprint density at radius 1 is 1.32 bits per heavy atom. The number of urea groups is 1.